The van der Waals surface area contributed by atoms with Gasteiger partial charge < -0.3 is 4.90 Å². The van der Waals surface area contributed by atoms with Crippen molar-refractivity contribution in [1.82, 2.24) is 9.80 Å². The summed E-state index contributed by atoms with van der Waals surface area (Å²) in [6.45, 7) is 4.39. The molecule has 3 nitrogen and oxygen atoms in total. The summed E-state index contributed by atoms with van der Waals surface area (Å²) in [6, 6.07) is 18.7. The Morgan fingerprint density at radius 2 is 1.61 bits per heavy atom. The van der Waals surface area contributed by atoms with Crippen molar-refractivity contribution in [3.8, 4) is 0 Å². The zero-order valence-electron chi connectivity index (χ0n) is 16.0. The number of hydrogen-bond donors (Lipinski definition) is 0. The van der Waals surface area contributed by atoms with E-state index in [1.165, 1.54) is 22.6 Å². The van der Waals surface area contributed by atoms with Crippen LogP contribution < -0.4 is 0 Å². The molecule has 2 saturated heterocycles. The van der Waals surface area contributed by atoms with Crippen LogP contribution in [0.15, 0.2) is 60.7 Å². The normalized spacial score (nSPS) is 18.8. The standard InChI is InChI=1S/C23H26N2OS2/c26-22(20-8-10-21(11-9-20)23-27-17-18-28-23)25-15-13-24(14-16-25)12-4-7-19-5-2-1-3-6-19/h1-11,23H,12-18H2/b7-4+. The number of piperazine rings is 1. The first-order valence-corrected chi connectivity index (χ1v) is 12.0. The van der Waals surface area contributed by atoms with Gasteiger partial charge in [-0.3, -0.25) is 9.69 Å². The molecular formula is C23H26N2OS2. The van der Waals surface area contributed by atoms with E-state index in [1.54, 1.807) is 0 Å². The smallest absolute Gasteiger partial charge is 0.253 e. The number of benzene rings is 2. The fraction of sp³-hybridized carbons (Fsp3) is 0.348. The lowest BCUT2D eigenvalue weighted by atomic mass is 10.1. The Bertz CT molecular complexity index is 793. The number of carbonyl (C=O) groups excluding carboxylic acids is 1. The molecule has 0 saturated carbocycles. The second-order valence-corrected chi connectivity index (χ2v) is 9.83. The lowest BCUT2D eigenvalue weighted by Gasteiger charge is -2.34. The maximum absolute atomic E-state index is 12.8. The van der Waals surface area contributed by atoms with Gasteiger partial charge in [0.2, 0.25) is 0 Å². The van der Waals surface area contributed by atoms with E-state index in [2.05, 4.69) is 53.5 Å². The van der Waals surface area contributed by atoms with Crippen molar-refractivity contribution < 1.29 is 4.79 Å². The highest BCUT2D eigenvalue weighted by Gasteiger charge is 2.22. The zero-order chi connectivity index (χ0) is 19.2. The van der Waals surface area contributed by atoms with Gasteiger partial charge in [0.1, 0.15) is 0 Å². The van der Waals surface area contributed by atoms with E-state index in [-0.39, 0.29) is 5.91 Å². The fourth-order valence-corrected chi connectivity index (χ4v) is 6.41. The average Bonchev–Trinajstić information content (AvgIpc) is 3.30. The third-order valence-electron chi connectivity index (χ3n) is 5.18. The van der Waals surface area contributed by atoms with Gasteiger partial charge in [-0.2, -0.15) is 0 Å². The van der Waals surface area contributed by atoms with E-state index in [9.17, 15) is 4.79 Å². The van der Waals surface area contributed by atoms with Gasteiger partial charge >= 0.3 is 0 Å². The molecule has 2 aliphatic heterocycles. The third-order valence-corrected chi connectivity index (χ3v) is 8.29. The van der Waals surface area contributed by atoms with Gasteiger partial charge in [0, 0.05) is 49.8 Å². The SMILES string of the molecule is O=C(c1ccc(C2SCCS2)cc1)N1CCN(C/C=C/c2ccccc2)CC1. The van der Waals surface area contributed by atoms with Crippen LogP contribution in [0.2, 0.25) is 0 Å². The number of hydrogen-bond acceptors (Lipinski definition) is 4. The average molecular weight is 411 g/mol. The van der Waals surface area contributed by atoms with Crippen molar-refractivity contribution in [2.75, 3.05) is 44.2 Å². The fourth-order valence-electron chi connectivity index (χ4n) is 3.55. The predicted molar refractivity (Wildman–Crippen MR) is 122 cm³/mol. The van der Waals surface area contributed by atoms with Gasteiger partial charge in [0.25, 0.3) is 5.91 Å². The molecule has 2 heterocycles. The lowest BCUT2D eigenvalue weighted by molar-refractivity contribution is 0.0650. The lowest BCUT2D eigenvalue weighted by Crippen LogP contribution is -2.48. The molecule has 1 amide bonds. The van der Waals surface area contributed by atoms with Crippen molar-refractivity contribution in [2.24, 2.45) is 0 Å². The van der Waals surface area contributed by atoms with Crippen LogP contribution in [0.3, 0.4) is 0 Å². The summed E-state index contributed by atoms with van der Waals surface area (Å²) in [4.78, 5) is 17.2. The van der Waals surface area contributed by atoms with Crippen molar-refractivity contribution in [3.05, 3.63) is 77.4 Å². The Morgan fingerprint density at radius 3 is 2.29 bits per heavy atom. The topological polar surface area (TPSA) is 23.6 Å². The van der Waals surface area contributed by atoms with Crippen LogP contribution in [0.5, 0.6) is 0 Å². The monoisotopic (exact) mass is 410 g/mol. The molecule has 2 aromatic carbocycles. The van der Waals surface area contributed by atoms with Crippen LogP contribution in [0.4, 0.5) is 0 Å². The molecular weight excluding hydrogens is 384 g/mol. The second-order valence-electron chi connectivity index (χ2n) is 7.10. The largest absolute Gasteiger partial charge is 0.336 e. The number of thioether (sulfide) groups is 2. The second kappa shape index (κ2) is 9.68. The minimum atomic E-state index is 0.165. The van der Waals surface area contributed by atoms with Gasteiger partial charge in [0.15, 0.2) is 0 Å². The molecule has 146 valence electrons. The minimum Gasteiger partial charge on any atom is -0.336 e. The van der Waals surface area contributed by atoms with Crippen LogP contribution in [0.25, 0.3) is 6.08 Å². The Hall–Kier alpha value is -1.69. The first-order chi connectivity index (χ1) is 13.8. The van der Waals surface area contributed by atoms with Crippen LogP contribution in [-0.4, -0.2) is 59.9 Å². The van der Waals surface area contributed by atoms with Gasteiger partial charge in [-0.1, -0.05) is 54.6 Å². The van der Waals surface area contributed by atoms with Crippen LogP contribution in [0, 0.1) is 0 Å². The number of nitrogens with zero attached hydrogens (tertiary/aromatic N) is 2. The van der Waals surface area contributed by atoms with E-state index < -0.39 is 0 Å². The molecule has 2 fully saturated rings. The quantitative estimate of drug-likeness (QED) is 0.717. The molecule has 0 aromatic heterocycles. The summed E-state index contributed by atoms with van der Waals surface area (Å²) >= 11 is 4.00. The Labute approximate surface area is 176 Å². The first kappa shape index (κ1) is 19.6. The third kappa shape index (κ3) is 5.02. The molecule has 4 rings (SSSR count). The van der Waals surface area contributed by atoms with Gasteiger partial charge in [0.05, 0.1) is 4.58 Å². The number of carbonyl (C=O) groups is 1. The van der Waals surface area contributed by atoms with E-state index in [4.69, 9.17) is 0 Å². The summed E-state index contributed by atoms with van der Waals surface area (Å²) in [6.07, 6.45) is 4.38. The molecule has 0 atom stereocenters. The molecule has 28 heavy (non-hydrogen) atoms. The molecule has 0 unspecified atom stereocenters. The van der Waals surface area contributed by atoms with Gasteiger partial charge in [-0.15, -0.1) is 23.5 Å². The Kier molecular flexibility index (Phi) is 6.78. The summed E-state index contributed by atoms with van der Waals surface area (Å²) < 4.78 is 0.539. The molecule has 5 heteroatoms. The minimum absolute atomic E-state index is 0.165. The van der Waals surface area contributed by atoms with Gasteiger partial charge in [-0.05, 0) is 23.3 Å². The Morgan fingerprint density at radius 1 is 0.929 bits per heavy atom. The summed E-state index contributed by atoms with van der Waals surface area (Å²) in [5.74, 6) is 2.61. The van der Waals surface area contributed by atoms with Crippen LogP contribution in [-0.2, 0) is 0 Å². The van der Waals surface area contributed by atoms with Gasteiger partial charge in [-0.25, -0.2) is 0 Å². The Balaban J connectivity index is 1.26. The molecule has 0 radical (unpaired) electrons. The van der Waals surface area contributed by atoms with E-state index in [0.29, 0.717) is 4.58 Å². The summed E-state index contributed by atoms with van der Waals surface area (Å²) in [7, 11) is 0. The molecule has 2 aliphatic rings. The number of amides is 1. The molecule has 0 bridgehead atoms. The summed E-state index contributed by atoms with van der Waals surface area (Å²) in [5, 5.41) is 0. The first-order valence-electron chi connectivity index (χ1n) is 9.86. The van der Waals surface area contributed by atoms with E-state index >= 15 is 0 Å². The molecule has 0 N–H and O–H groups in total. The van der Waals surface area contributed by atoms with Crippen LogP contribution in [0.1, 0.15) is 26.1 Å². The van der Waals surface area contributed by atoms with E-state index in [0.717, 1.165) is 38.3 Å². The summed E-state index contributed by atoms with van der Waals surface area (Å²) in [5.41, 5.74) is 3.38. The maximum Gasteiger partial charge on any atom is 0.253 e. The van der Waals surface area contributed by atoms with Crippen molar-refractivity contribution in [1.29, 1.82) is 0 Å². The highest BCUT2D eigenvalue weighted by molar-refractivity contribution is 8.19. The van der Waals surface area contributed by atoms with Crippen molar-refractivity contribution in [2.45, 2.75) is 4.58 Å². The highest BCUT2D eigenvalue weighted by atomic mass is 32.2. The van der Waals surface area contributed by atoms with Crippen molar-refractivity contribution in [3.63, 3.8) is 0 Å². The van der Waals surface area contributed by atoms with Crippen molar-refractivity contribution >= 4 is 35.5 Å². The highest BCUT2D eigenvalue weighted by Crippen LogP contribution is 2.45. The van der Waals surface area contributed by atoms with Crippen LogP contribution >= 0.6 is 23.5 Å². The molecule has 0 aliphatic carbocycles. The zero-order valence-corrected chi connectivity index (χ0v) is 17.6. The predicted octanol–water partition coefficient (Wildman–Crippen LogP) is 4.64. The number of rotatable bonds is 5. The van der Waals surface area contributed by atoms with E-state index in [1.807, 2.05) is 46.6 Å². The maximum atomic E-state index is 12.8. The molecule has 2 aromatic rings. The molecule has 0 spiro atoms.